The highest BCUT2D eigenvalue weighted by molar-refractivity contribution is 6.01. The zero-order valence-corrected chi connectivity index (χ0v) is 18.2. The summed E-state index contributed by atoms with van der Waals surface area (Å²) in [6.07, 6.45) is 8.25. The van der Waals surface area contributed by atoms with Crippen LogP contribution in [0.25, 0.3) is 11.1 Å². The van der Waals surface area contributed by atoms with E-state index in [0.717, 1.165) is 24.0 Å². The van der Waals surface area contributed by atoms with Crippen LogP contribution in [0.2, 0.25) is 0 Å². The predicted molar refractivity (Wildman–Crippen MR) is 123 cm³/mol. The molecular formula is C26H30N2O3. The van der Waals surface area contributed by atoms with Gasteiger partial charge in [0.2, 0.25) is 0 Å². The predicted octanol–water partition coefficient (Wildman–Crippen LogP) is 5.40. The molecule has 31 heavy (non-hydrogen) atoms. The standard InChI is InChI=1S/C26H30N2O3/c1-30-22-12-21(13-23(14-22)31-2)24-16-27-17-25(24)26(29)28-15-18-8-10-20(11-9-18)19-6-4-3-5-7-19/h3-7,12-14,16-18,20,27H,8-11,15H2,1-2H3,(H,28,29). The van der Waals surface area contributed by atoms with Gasteiger partial charge in [0.05, 0.1) is 19.8 Å². The number of amides is 1. The van der Waals surface area contributed by atoms with Gasteiger partial charge in [-0.3, -0.25) is 4.79 Å². The van der Waals surface area contributed by atoms with Crippen LogP contribution in [0, 0.1) is 5.92 Å². The molecule has 4 rings (SSSR count). The molecule has 1 amide bonds. The number of hydrogen-bond donors (Lipinski definition) is 2. The lowest BCUT2D eigenvalue weighted by molar-refractivity contribution is 0.0943. The number of ether oxygens (including phenoxy) is 2. The minimum atomic E-state index is -0.0526. The monoisotopic (exact) mass is 418 g/mol. The van der Waals surface area contributed by atoms with E-state index in [-0.39, 0.29) is 5.91 Å². The Labute approximate surface area is 183 Å². The molecule has 0 radical (unpaired) electrons. The largest absolute Gasteiger partial charge is 0.497 e. The third-order valence-corrected chi connectivity index (χ3v) is 6.32. The molecule has 0 unspecified atom stereocenters. The van der Waals surface area contributed by atoms with Crippen LogP contribution in [0.4, 0.5) is 0 Å². The van der Waals surface area contributed by atoms with E-state index in [1.165, 1.54) is 18.4 Å². The zero-order chi connectivity index (χ0) is 21.6. The molecule has 1 fully saturated rings. The summed E-state index contributed by atoms with van der Waals surface area (Å²) in [5.74, 6) is 2.51. The molecule has 1 aliphatic rings. The van der Waals surface area contributed by atoms with Crippen molar-refractivity contribution in [3.63, 3.8) is 0 Å². The van der Waals surface area contributed by atoms with Crippen molar-refractivity contribution < 1.29 is 14.3 Å². The van der Waals surface area contributed by atoms with Crippen molar-refractivity contribution in [1.82, 2.24) is 10.3 Å². The maximum Gasteiger partial charge on any atom is 0.253 e. The van der Waals surface area contributed by atoms with E-state index in [4.69, 9.17) is 9.47 Å². The Kier molecular flexibility index (Phi) is 6.60. The van der Waals surface area contributed by atoms with Crippen molar-refractivity contribution in [2.24, 2.45) is 5.92 Å². The fraction of sp³-hybridized carbons (Fsp3) is 0.346. The van der Waals surface area contributed by atoms with Crippen molar-refractivity contribution in [2.75, 3.05) is 20.8 Å². The first-order valence-corrected chi connectivity index (χ1v) is 10.9. The summed E-state index contributed by atoms with van der Waals surface area (Å²) in [6, 6.07) is 16.4. The lowest BCUT2D eigenvalue weighted by Gasteiger charge is -2.29. The summed E-state index contributed by atoms with van der Waals surface area (Å²) in [7, 11) is 3.24. The van der Waals surface area contributed by atoms with E-state index in [0.29, 0.717) is 35.4 Å². The Hall–Kier alpha value is -3.21. The molecule has 1 heterocycles. The number of aromatic nitrogens is 1. The number of rotatable bonds is 7. The number of aromatic amines is 1. The van der Waals surface area contributed by atoms with Gasteiger partial charge in [0.15, 0.2) is 0 Å². The maximum absolute atomic E-state index is 12.9. The lowest BCUT2D eigenvalue weighted by atomic mass is 9.78. The molecule has 5 nitrogen and oxygen atoms in total. The third kappa shape index (κ3) is 4.93. The molecule has 5 heteroatoms. The zero-order valence-electron chi connectivity index (χ0n) is 18.2. The minimum Gasteiger partial charge on any atom is -0.497 e. The maximum atomic E-state index is 12.9. The molecule has 3 aromatic rings. The van der Waals surface area contributed by atoms with Crippen LogP contribution in [0.5, 0.6) is 11.5 Å². The lowest BCUT2D eigenvalue weighted by Crippen LogP contribution is -2.31. The molecule has 0 spiro atoms. The molecule has 162 valence electrons. The van der Waals surface area contributed by atoms with E-state index >= 15 is 0 Å². The SMILES string of the molecule is COc1cc(OC)cc(-c2c[nH]cc2C(=O)NCC2CCC(c3ccccc3)CC2)c1. The number of methoxy groups -OCH3 is 2. The molecule has 0 saturated heterocycles. The van der Waals surface area contributed by atoms with E-state index in [1.807, 2.05) is 24.4 Å². The second kappa shape index (κ2) is 9.73. The number of nitrogens with one attached hydrogen (secondary N) is 2. The van der Waals surface area contributed by atoms with Gasteiger partial charge in [-0.2, -0.15) is 0 Å². The fourth-order valence-corrected chi connectivity index (χ4v) is 4.51. The molecule has 1 saturated carbocycles. The fourth-order valence-electron chi connectivity index (χ4n) is 4.51. The number of benzene rings is 2. The van der Waals surface area contributed by atoms with E-state index in [1.54, 1.807) is 20.4 Å². The van der Waals surface area contributed by atoms with Gasteiger partial charge in [-0.25, -0.2) is 0 Å². The van der Waals surface area contributed by atoms with E-state index in [2.05, 4.69) is 40.6 Å². The van der Waals surface area contributed by atoms with Gasteiger partial charge >= 0.3 is 0 Å². The van der Waals surface area contributed by atoms with E-state index < -0.39 is 0 Å². The Balaban J connectivity index is 1.37. The number of carbonyl (C=O) groups excluding carboxylic acids is 1. The highest BCUT2D eigenvalue weighted by Crippen LogP contribution is 2.35. The average molecular weight is 419 g/mol. The van der Waals surface area contributed by atoms with Gasteiger partial charge in [0, 0.05) is 30.6 Å². The van der Waals surface area contributed by atoms with Gasteiger partial charge in [0.25, 0.3) is 5.91 Å². The van der Waals surface area contributed by atoms with Crippen molar-refractivity contribution >= 4 is 5.91 Å². The smallest absolute Gasteiger partial charge is 0.253 e. The Bertz CT molecular complexity index is 982. The number of carbonyl (C=O) groups is 1. The third-order valence-electron chi connectivity index (χ3n) is 6.32. The molecule has 2 aromatic carbocycles. The van der Waals surface area contributed by atoms with Crippen molar-refractivity contribution in [2.45, 2.75) is 31.6 Å². The van der Waals surface area contributed by atoms with Gasteiger partial charge < -0.3 is 19.8 Å². The van der Waals surface area contributed by atoms with Gasteiger partial charge in [0.1, 0.15) is 11.5 Å². The molecule has 1 aliphatic carbocycles. The summed E-state index contributed by atoms with van der Waals surface area (Å²) in [4.78, 5) is 16.0. The molecule has 0 bridgehead atoms. The summed E-state index contributed by atoms with van der Waals surface area (Å²) in [6.45, 7) is 0.715. The highest BCUT2D eigenvalue weighted by atomic mass is 16.5. The first-order valence-electron chi connectivity index (χ1n) is 10.9. The highest BCUT2D eigenvalue weighted by Gasteiger charge is 2.23. The van der Waals surface area contributed by atoms with Crippen LogP contribution >= 0.6 is 0 Å². The molecule has 2 N–H and O–H groups in total. The summed E-state index contributed by atoms with van der Waals surface area (Å²) >= 11 is 0. The van der Waals surface area contributed by atoms with Gasteiger partial charge in [-0.15, -0.1) is 0 Å². The minimum absolute atomic E-state index is 0.0526. The second-order valence-electron chi connectivity index (χ2n) is 8.22. The summed E-state index contributed by atoms with van der Waals surface area (Å²) < 4.78 is 10.7. The Morgan fingerprint density at radius 2 is 1.65 bits per heavy atom. The summed E-state index contributed by atoms with van der Waals surface area (Å²) in [5.41, 5.74) is 3.79. The Morgan fingerprint density at radius 3 is 2.29 bits per heavy atom. The first-order chi connectivity index (χ1) is 15.2. The van der Waals surface area contributed by atoms with Crippen LogP contribution < -0.4 is 14.8 Å². The number of hydrogen-bond acceptors (Lipinski definition) is 3. The first kappa shape index (κ1) is 21.0. The van der Waals surface area contributed by atoms with Crippen LogP contribution in [0.15, 0.2) is 60.9 Å². The van der Waals surface area contributed by atoms with Crippen LogP contribution in [0.3, 0.4) is 0 Å². The molecule has 1 aromatic heterocycles. The summed E-state index contributed by atoms with van der Waals surface area (Å²) in [5, 5.41) is 3.16. The topological polar surface area (TPSA) is 63.4 Å². The average Bonchev–Trinajstić information content (AvgIpc) is 3.33. The van der Waals surface area contributed by atoms with Gasteiger partial charge in [-0.1, -0.05) is 30.3 Å². The van der Waals surface area contributed by atoms with Gasteiger partial charge in [-0.05, 0) is 60.8 Å². The second-order valence-corrected chi connectivity index (χ2v) is 8.22. The van der Waals surface area contributed by atoms with Crippen molar-refractivity contribution in [3.05, 3.63) is 72.1 Å². The van der Waals surface area contributed by atoms with Crippen LogP contribution in [-0.2, 0) is 0 Å². The Morgan fingerprint density at radius 1 is 0.968 bits per heavy atom. The molecular weight excluding hydrogens is 388 g/mol. The quantitative estimate of drug-likeness (QED) is 0.540. The van der Waals surface area contributed by atoms with Crippen LogP contribution in [-0.4, -0.2) is 31.7 Å². The van der Waals surface area contributed by atoms with Crippen molar-refractivity contribution in [1.29, 1.82) is 0 Å². The van der Waals surface area contributed by atoms with Crippen molar-refractivity contribution in [3.8, 4) is 22.6 Å². The number of H-pyrrole nitrogens is 1. The van der Waals surface area contributed by atoms with E-state index in [9.17, 15) is 4.79 Å². The molecule has 0 aliphatic heterocycles. The molecule has 0 atom stereocenters. The normalized spacial score (nSPS) is 18.4. The van der Waals surface area contributed by atoms with Crippen LogP contribution in [0.1, 0.15) is 47.5 Å².